The second kappa shape index (κ2) is 9.14. The minimum Gasteiger partial charge on any atom is -0.484 e. The molecule has 1 N–H and O–H groups in total. The van der Waals surface area contributed by atoms with Crippen molar-refractivity contribution in [3.05, 3.63) is 59.1 Å². The van der Waals surface area contributed by atoms with Gasteiger partial charge < -0.3 is 15.0 Å². The Morgan fingerprint density at radius 3 is 2.41 bits per heavy atom. The third kappa shape index (κ3) is 5.64. The number of carbonyl (C=O) groups is 1. The first-order valence-corrected chi connectivity index (χ1v) is 9.91. The molecular weight excluding hydrogens is 360 g/mol. The van der Waals surface area contributed by atoms with Crippen LogP contribution < -0.4 is 15.0 Å². The average Bonchev–Trinajstić information content (AvgIpc) is 2.68. The van der Waals surface area contributed by atoms with Crippen LogP contribution in [0.4, 0.5) is 5.69 Å². The number of rotatable bonds is 6. The molecule has 1 atom stereocenters. The normalized spacial score (nSPS) is 16.0. The summed E-state index contributed by atoms with van der Waals surface area (Å²) < 4.78 is 5.49. The molecular formula is C22H27ClN2O2. The third-order valence-electron chi connectivity index (χ3n) is 5.10. The van der Waals surface area contributed by atoms with Crippen molar-refractivity contribution < 1.29 is 9.53 Å². The molecule has 2 aromatic rings. The Bertz CT molecular complexity index is 738. The van der Waals surface area contributed by atoms with Crippen LogP contribution in [0, 0.1) is 5.92 Å². The zero-order valence-electron chi connectivity index (χ0n) is 16.0. The maximum Gasteiger partial charge on any atom is 0.258 e. The van der Waals surface area contributed by atoms with E-state index < -0.39 is 0 Å². The topological polar surface area (TPSA) is 41.6 Å². The van der Waals surface area contributed by atoms with Crippen LogP contribution in [-0.4, -0.2) is 25.6 Å². The maximum atomic E-state index is 12.1. The Labute approximate surface area is 166 Å². The lowest BCUT2D eigenvalue weighted by Crippen LogP contribution is -2.33. The van der Waals surface area contributed by atoms with Gasteiger partial charge in [-0.1, -0.05) is 30.7 Å². The number of nitrogens with zero attached hydrogens (tertiary/aromatic N) is 1. The molecule has 0 aliphatic carbocycles. The quantitative estimate of drug-likeness (QED) is 0.772. The van der Waals surface area contributed by atoms with Gasteiger partial charge in [-0.25, -0.2) is 0 Å². The molecule has 3 rings (SSSR count). The molecule has 1 heterocycles. The minimum atomic E-state index is -0.147. The van der Waals surface area contributed by atoms with Crippen LogP contribution >= 0.6 is 11.6 Å². The van der Waals surface area contributed by atoms with E-state index in [2.05, 4.69) is 41.4 Å². The number of carbonyl (C=O) groups excluding carboxylic acids is 1. The largest absolute Gasteiger partial charge is 0.484 e. The van der Waals surface area contributed by atoms with Crippen LogP contribution in [0.25, 0.3) is 0 Å². The van der Waals surface area contributed by atoms with Crippen molar-refractivity contribution in [2.45, 2.75) is 32.7 Å². The van der Waals surface area contributed by atoms with E-state index in [1.54, 1.807) is 24.3 Å². The number of amides is 1. The Morgan fingerprint density at radius 1 is 1.15 bits per heavy atom. The van der Waals surface area contributed by atoms with Crippen molar-refractivity contribution in [2.24, 2.45) is 5.92 Å². The molecule has 1 aliphatic rings. The van der Waals surface area contributed by atoms with Gasteiger partial charge in [0.25, 0.3) is 5.91 Å². The molecule has 0 unspecified atom stereocenters. The van der Waals surface area contributed by atoms with Gasteiger partial charge in [0, 0.05) is 23.8 Å². The van der Waals surface area contributed by atoms with Gasteiger partial charge in [0.1, 0.15) is 5.75 Å². The predicted molar refractivity (Wildman–Crippen MR) is 111 cm³/mol. The van der Waals surface area contributed by atoms with Crippen LogP contribution in [0.3, 0.4) is 0 Å². The zero-order valence-corrected chi connectivity index (χ0v) is 16.7. The summed E-state index contributed by atoms with van der Waals surface area (Å²) in [4.78, 5) is 14.6. The van der Waals surface area contributed by atoms with Crippen LogP contribution in [0.1, 0.15) is 38.3 Å². The van der Waals surface area contributed by atoms with Crippen molar-refractivity contribution in [3.63, 3.8) is 0 Å². The van der Waals surface area contributed by atoms with Crippen LogP contribution in [0.15, 0.2) is 48.5 Å². The molecule has 1 amide bonds. The predicted octanol–water partition coefficient (Wildman–Crippen LogP) is 4.83. The Kier molecular flexibility index (Phi) is 6.62. The summed E-state index contributed by atoms with van der Waals surface area (Å²) in [5.41, 5.74) is 2.35. The highest BCUT2D eigenvalue weighted by atomic mass is 35.5. The molecule has 0 radical (unpaired) electrons. The zero-order chi connectivity index (χ0) is 19.2. The highest BCUT2D eigenvalue weighted by molar-refractivity contribution is 6.30. The molecule has 144 valence electrons. The summed E-state index contributed by atoms with van der Waals surface area (Å²) in [7, 11) is 0. The molecule has 27 heavy (non-hydrogen) atoms. The summed E-state index contributed by atoms with van der Waals surface area (Å²) in [5.74, 6) is 1.31. The van der Waals surface area contributed by atoms with Gasteiger partial charge in [-0.3, -0.25) is 4.79 Å². The highest BCUT2D eigenvalue weighted by Crippen LogP contribution is 2.24. The standard InChI is InChI=1S/C22H27ClN2O2/c1-16-11-13-25(14-12-16)20-7-3-18(4-8-20)17(2)24-22(26)15-27-21-9-5-19(23)6-10-21/h3-10,16-17H,11-15H2,1-2H3,(H,24,26)/t17-/m0/s1. The van der Waals surface area contributed by atoms with Gasteiger partial charge in [0.2, 0.25) is 0 Å². The van der Waals surface area contributed by atoms with Crippen molar-refractivity contribution in [2.75, 3.05) is 24.6 Å². The number of hydrogen-bond acceptors (Lipinski definition) is 3. The molecule has 1 saturated heterocycles. The number of benzene rings is 2. The SMILES string of the molecule is CC1CCN(c2ccc([C@H](C)NC(=O)COc3ccc(Cl)cc3)cc2)CC1. The highest BCUT2D eigenvalue weighted by Gasteiger charge is 2.16. The first kappa shape index (κ1) is 19.6. The summed E-state index contributed by atoms with van der Waals surface area (Å²) in [6.07, 6.45) is 2.50. The number of hydrogen-bond donors (Lipinski definition) is 1. The first-order valence-electron chi connectivity index (χ1n) is 9.54. The first-order chi connectivity index (χ1) is 13.0. The lowest BCUT2D eigenvalue weighted by atomic mass is 9.98. The molecule has 0 saturated carbocycles. The smallest absolute Gasteiger partial charge is 0.258 e. The molecule has 2 aromatic carbocycles. The van der Waals surface area contributed by atoms with E-state index in [1.165, 1.54) is 18.5 Å². The lowest BCUT2D eigenvalue weighted by molar-refractivity contribution is -0.123. The second-order valence-corrected chi connectivity index (χ2v) is 7.73. The fourth-order valence-electron chi connectivity index (χ4n) is 3.29. The molecule has 1 aliphatic heterocycles. The van der Waals surface area contributed by atoms with E-state index in [9.17, 15) is 4.79 Å². The van der Waals surface area contributed by atoms with E-state index >= 15 is 0 Å². The van der Waals surface area contributed by atoms with E-state index in [-0.39, 0.29) is 18.6 Å². The Balaban J connectivity index is 1.49. The number of nitrogens with one attached hydrogen (secondary N) is 1. The summed E-state index contributed by atoms with van der Waals surface area (Å²) >= 11 is 5.84. The molecule has 1 fully saturated rings. The monoisotopic (exact) mass is 386 g/mol. The minimum absolute atomic E-state index is 0.0178. The summed E-state index contributed by atoms with van der Waals surface area (Å²) in [6, 6.07) is 15.4. The van der Waals surface area contributed by atoms with Gasteiger partial charge >= 0.3 is 0 Å². The summed E-state index contributed by atoms with van der Waals surface area (Å²) in [5, 5.41) is 3.62. The van der Waals surface area contributed by atoms with E-state index in [0.717, 1.165) is 24.6 Å². The molecule has 5 heteroatoms. The average molecular weight is 387 g/mol. The van der Waals surface area contributed by atoms with Crippen LogP contribution in [0.2, 0.25) is 5.02 Å². The van der Waals surface area contributed by atoms with E-state index in [4.69, 9.17) is 16.3 Å². The molecule has 0 spiro atoms. The number of halogens is 1. The second-order valence-electron chi connectivity index (χ2n) is 7.29. The lowest BCUT2D eigenvalue weighted by Gasteiger charge is -2.32. The van der Waals surface area contributed by atoms with Crippen molar-refractivity contribution in [3.8, 4) is 5.75 Å². The van der Waals surface area contributed by atoms with Gasteiger partial charge in [0.15, 0.2) is 6.61 Å². The van der Waals surface area contributed by atoms with E-state index in [1.807, 2.05) is 6.92 Å². The maximum absolute atomic E-state index is 12.1. The molecule has 4 nitrogen and oxygen atoms in total. The Morgan fingerprint density at radius 2 is 1.78 bits per heavy atom. The van der Waals surface area contributed by atoms with Gasteiger partial charge in [-0.15, -0.1) is 0 Å². The third-order valence-corrected chi connectivity index (χ3v) is 5.35. The van der Waals surface area contributed by atoms with Gasteiger partial charge in [-0.2, -0.15) is 0 Å². The summed E-state index contributed by atoms with van der Waals surface area (Å²) in [6.45, 7) is 6.53. The van der Waals surface area contributed by atoms with Gasteiger partial charge in [-0.05, 0) is 67.6 Å². The van der Waals surface area contributed by atoms with Crippen LogP contribution in [-0.2, 0) is 4.79 Å². The number of piperidine rings is 1. The van der Waals surface area contributed by atoms with Gasteiger partial charge in [0.05, 0.1) is 6.04 Å². The fourth-order valence-corrected chi connectivity index (χ4v) is 3.41. The van der Waals surface area contributed by atoms with Crippen molar-refractivity contribution >= 4 is 23.2 Å². The Hall–Kier alpha value is -2.20. The fraction of sp³-hybridized carbons (Fsp3) is 0.409. The van der Waals surface area contributed by atoms with Crippen molar-refractivity contribution in [1.29, 1.82) is 0 Å². The number of anilines is 1. The van der Waals surface area contributed by atoms with Crippen LogP contribution in [0.5, 0.6) is 5.75 Å². The molecule has 0 bridgehead atoms. The van der Waals surface area contributed by atoms with Crippen molar-refractivity contribution in [1.82, 2.24) is 5.32 Å². The van der Waals surface area contributed by atoms with E-state index in [0.29, 0.717) is 10.8 Å². The molecule has 0 aromatic heterocycles. The number of ether oxygens (including phenoxy) is 1.